The number of hydrogen-bond acceptors (Lipinski definition) is 3. The van der Waals surface area contributed by atoms with Gasteiger partial charge in [0, 0.05) is 32.9 Å². The topological polar surface area (TPSA) is 36.9 Å². The van der Waals surface area contributed by atoms with Gasteiger partial charge in [0.15, 0.2) is 5.96 Å². The predicted octanol–water partition coefficient (Wildman–Crippen LogP) is 2.68. The van der Waals surface area contributed by atoms with Gasteiger partial charge in [-0.2, -0.15) is 11.8 Å². The van der Waals surface area contributed by atoms with E-state index in [9.17, 15) is 0 Å². The zero-order chi connectivity index (χ0) is 14.1. The van der Waals surface area contributed by atoms with E-state index in [2.05, 4.69) is 33.6 Å². The summed E-state index contributed by atoms with van der Waals surface area (Å²) in [4.78, 5) is 6.40. The van der Waals surface area contributed by atoms with Crippen LogP contribution >= 0.6 is 35.7 Å². The van der Waals surface area contributed by atoms with Gasteiger partial charge in [-0.05, 0) is 24.0 Å². The number of rotatable bonds is 6. The van der Waals surface area contributed by atoms with E-state index in [0.29, 0.717) is 0 Å². The lowest BCUT2D eigenvalue weighted by Crippen LogP contribution is -2.39. The van der Waals surface area contributed by atoms with Crippen molar-refractivity contribution in [2.24, 2.45) is 4.99 Å². The molecule has 1 rings (SSSR count). The van der Waals surface area contributed by atoms with Crippen LogP contribution in [0.2, 0.25) is 0 Å². The lowest BCUT2D eigenvalue weighted by atomic mass is 10.2. The minimum absolute atomic E-state index is 0. The number of ether oxygens (including phenoxy) is 1. The highest BCUT2D eigenvalue weighted by molar-refractivity contribution is 14.0. The molecule has 0 saturated heterocycles. The number of halogens is 1. The van der Waals surface area contributed by atoms with Crippen molar-refractivity contribution in [3.63, 3.8) is 0 Å². The molecule has 0 atom stereocenters. The monoisotopic (exact) mass is 409 g/mol. The number of guanidine groups is 1. The molecule has 0 aliphatic carbocycles. The fourth-order valence-corrected chi connectivity index (χ4v) is 2.04. The first kappa shape index (κ1) is 19.4. The number of nitrogens with zero attached hydrogens (tertiary/aromatic N) is 2. The fourth-order valence-electron chi connectivity index (χ4n) is 1.73. The number of hydrogen-bond donors (Lipinski definition) is 1. The smallest absolute Gasteiger partial charge is 0.193 e. The molecule has 1 aromatic rings. The van der Waals surface area contributed by atoms with Gasteiger partial charge in [-0.3, -0.25) is 4.99 Å². The van der Waals surface area contributed by atoms with Gasteiger partial charge in [-0.15, -0.1) is 24.0 Å². The summed E-state index contributed by atoms with van der Waals surface area (Å²) in [5.41, 5.74) is 1.23. The maximum absolute atomic E-state index is 5.16. The molecule has 0 spiro atoms. The summed E-state index contributed by atoms with van der Waals surface area (Å²) in [5.74, 6) is 2.88. The quantitative estimate of drug-likeness (QED) is 0.339. The Morgan fingerprint density at radius 3 is 2.50 bits per heavy atom. The largest absolute Gasteiger partial charge is 0.497 e. The van der Waals surface area contributed by atoms with Crippen LogP contribution in [0.3, 0.4) is 0 Å². The van der Waals surface area contributed by atoms with Crippen molar-refractivity contribution >= 4 is 41.7 Å². The molecule has 4 nitrogen and oxygen atoms in total. The molecule has 0 fully saturated rings. The van der Waals surface area contributed by atoms with Crippen molar-refractivity contribution in [3.05, 3.63) is 29.8 Å². The number of aliphatic imine (C=N–C) groups is 1. The first-order valence-electron chi connectivity index (χ1n) is 6.25. The van der Waals surface area contributed by atoms with Crippen LogP contribution in [0, 0.1) is 0 Å². The molecule has 0 unspecified atom stereocenters. The third-order valence-electron chi connectivity index (χ3n) is 2.74. The van der Waals surface area contributed by atoms with Crippen LogP contribution in [0.15, 0.2) is 29.3 Å². The highest BCUT2D eigenvalue weighted by atomic mass is 127. The van der Waals surface area contributed by atoms with Crippen molar-refractivity contribution in [3.8, 4) is 5.75 Å². The second kappa shape index (κ2) is 11.1. The first-order chi connectivity index (χ1) is 9.21. The molecule has 0 amide bonds. The fraction of sp³-hybridized carbons (Fsp3) is 0.500. The Hall–Kier alpha value is -0.630. The summed E-state index contributed by atoms with van der Waals surface area (Å²) in [6, 6.07) is 8.11. The van der Waals surface area contributed by atoms with Gasteiger partial charge >= 0.3 is 0 Å². The highest BCUT2D eigenvalue weighted by Gasteiger charge is 2.06. The van der Waals surface area contributed by atoms with Crippen LogP contribution in [0.25, 0.3) is 0 Å². The first-order valence-corrected chi connectivity index (χ1v) is 7.64. The van der Waals surface area contributed by atoms with E-state index in [1.807, 2.05) is 38.0 Å². The van der Waals surface area contributed by atoms with E-state index in [0.717, 1.165) is 30.6 Å². The maximum Gasteiger partial charge on any atom is 0.193 e. The molecule has 0 aliphatic rings. The predicted molar refractivity (Wildman–Crippen MR) is 99.6 cm³/mol. The Morgan fingerprint density at radius 1 is 1.35 bits per heavy atom. The Bertz CT molecular complexity index is 398. The van der Waals surface area contributed by atoms with E-state index < -0.39 is 0 Å². The van der Waals surface area contributed by atoms with Crippen molar-refractivity contribution in [1.82, 2.24) is 10.2 Å². The molecule has 0 aliphatic heterocycles. The number of thioether (sulfide) groups is 1. The average Bonchev–Trinajstić information content (AvgIpc) is 2.44. The molecule has 0 bridgehead atoms. The summed E-state index contributed by atoms with van der Waals surface area (Å²) in [7, 11) is 5.53. The Labute approximate surface area is 143 Å². The minimum atomic E-state index is 0. The standard InChI is InChI=1S/C14H23N3OS.HI/c1-15-14(16-9-10-19-4)17(2)11-12-5-7-13(18-3)8-6-12;/h5-8H,9-11H2,1-4H3,(H,15,16);1H. The zero-order valence-electron chi connectivity index (χ0n) is 12.5. The average molecular weight is 409 g/mol. The lowest BCUT2D eigenvalue weighted by molar-refractivity contribution is 0.414. The number of benzene rings is 1. The van der Waals surface area contributed by atoms with E-state index in [1.165, 1.54) is 5.56 Å². The summed E-state index contributed by atoms with van der Waals surface area (Å²) in [5, 5.41) is 3.34. The van der Waals surface area contributed by atoms with E-state index in [-0.39, 0.29) is 24.0 Å². The Balaban J connectivity index is 0.00000361. The van der Waals surface area contributed by atoms with Crippen LogP contribution in [0.4, 0.5) is 0 Å². The SMILES string of the molecule is CN=C(NCCSC)N(C)Cc1ccc(OC)cc1.I. The third kappa shape index (κ3) is 6.69. The second-order valence-electron chi connectivity index (χ2n) is 4.17. The van der Waals surface area contributed by atoms with Gasteiger partial charge in [-0.25, -0.2) is 0 Å². The van der Waals surface area contributed by atoms with Gasteiger partial charge in [0.2, 0.25) is 0 Å². The van der Waals surface area contributed by atoms with Gasteiger partial charge in [0.1, 0.15) is 5.75 Å². The van der Waals surface area contributed by atoms with Crippen LogP contribution < -0.4 is 10.1 Å². The summed E-state index contributed by atoms with van der Waals surface area (Å²) in [6.45, 7) is 1.75. The third-order valence-corrected chi connectivity index (χ3v) is 3.35. The summed E-state index contributed by atoms with van der Waals surface area (Å²) in [6.07, 6.45) is 2.10. The minimum Gasteiger partial charge on any atom is -0.497 e. The molecule has 114 valence electrons. The van der Waals surface area contributed by atoms with Crippen LogP contribution in [-0.4, -0.2) is 50.6 Å². The van der Waals surface area contributed by atoms with Gasteiger partial charge < -0.3 is 15.0 Å². The molecule has 1 N–H and O–H groups in total. The van der Waals surface area contributed by atoms with E-state index in [1.54, 1.807) is 7.11 Å². The normalized spacial score (nSPS) is 10.7. The molecule has 6 heteroatoms. The van der Waals surface area contributed by atoms with E-state index in [4.69, 9.17) is 4.74 Å². The van der Waals surface area contributed by atoms with Crippen molar-refractivity contribution in [1.29, 1.82) is 0 Å². The second-order valence-corrected chi connectivity index (χ2v) is 5.16. The summed E-state index contributed by atoms with van der Waals surface area (Å²) < 4.78 is 5.16. The molecule has 1 aromatic carbocycles. The molecule has 0 heterocycles. The molecule has 0 saturated carbocycles. The zero-order valence-corrected chi connectivity index (χ0v) is 15.7. The lowest BCUT2D eigenvalue weighted by Gasteiger charge is -2.22. The molecular weight excluding hydrogens is 385 g/mol. The Kier molecular flexibility index (Phi) is 10.7. The summed E-state index contributed by atoms with van der Waals surface area (Å²) >= 11 is 1.82. The van der Waals surface area contributed by atoms with Gasteiger partial charge in [-0.1, -0.05) is 12.1 Å². The maximum atomic E-state index is 5.16. The molecule has 0 aromatic heterocycles. The van der Waals surface area contributed by atoms with Gasteiger partial charge in [0.25, 0.3) is 0 Å². The van der Waals surface area contributed by atoms with Crippen LogP contribution in [0.5, 0.6) is 5.75 Å². The Morgan fingerprint density at radius 2 is 2.00 bits per heavy atom. The van der Waals surface area contributed by atoms with E-state index >= 15 is 0 Å². The van der Waals surface area contributed by atoms with Crippen molar-refractivity contribution < 1.29 is 4.74 Å². The molecule has 0 radical (unpaired) electrons. The van der Waals surface area contributed by atoms with Crippen molar-refractivity contribution in [2.45, 2.75) is 6.54 Å². The number of nitrogens with one attached hydrogen (secondary N) is 1. The van der Waals surface area contributed by atoms with Crippen LogP contribution in [-0.2, 0) is 6.54 Å². The molecule has 20 heavy (non-hydrogen) atoms. The molecular formula is C14H24IN3OS. The highest BCUT2D eigenvalue weighted by Crippen LogP contribution is 2.12. The van der Waals surface area contributed by atoms with Crippen LogP contribution in [0.1, 0.15) is 5.56 Å². The van der Waals surface area contributed by atoms with Crippen molar-refractivity contribution in [2.75, 3.05) is 39.8 Å². The number of methoxy groups -OCH3 is 1. The van der Waals surface area contributed by atoms with Gasteiger partial charge in [0.05, 0.1) is 7.11 Å².